The van der Waals surface area contributed by atoms with Crippen LogP contribution in [0.3, 0.4) is 0 Å². The lowest BCUT2D eigenvalue weighted by molar-refractivity contribution is -0.257. The number of hydrogen-bond donors (Lipinski definition) is 2. The van der Waals surface area contributed by atoms with Crippen LogP contribution in [0.15, 0.2) is 41.3 Å². The molecule has 1 aliphatic heterocycles. The molecule has 4 aromatic rings. The number of nitrogen functional groups attached to an aromatic ring is 1. The number of nitrogens with two attached hydrogens (primary N) is 1. The van der Waals surface area contributed by atoms with Crippen molar-refractivity contribution in [2.75, 3.05) is 5.73 Å². The molecule has 10 heteroatoms. The van der Waals surface area contributed by atoms with Crippen molar-refractivity contribution >= 4 is 16.9 Å². The molecular formula is C22H21FN6O3. The molecule has 9 nitrogen and oxygen atoms in total. The Labute approximate surface area is 182 Å². The number of benzene rings is 1. The van der Waals surface area contributed by atoms with E-state index < -0.39 is 11.4 Å². The summed E-state index contributed by atoms with van der Waals surface area (Å²) in [6, 6.07) is 6.37. The van der Waals surface area contributed by atoms with Crippen LogP contribution in [0, 0.1) is 5.82 Å². The number of hydrogen-bond acceptors (Lipinski definition) is 8. The summed E-state index contributed by atoms with van der Waals surface area (Å²) in [7, 11) is 0. The lowest BCUT2D eigenvalue weighted by atomic mass is 9.77. The number of aliphatic hydroxyl groups is 1. The minimum atomic E-state index is -1.35. The first-order valence-corrected chi connectivity index (χ1v) is 10.5. The summed E-state index contributed by atoms with van der Waals surface area (Å²) in [5, 5.41) is 18.4. The zero-order valence-electron chi connectivity index (χ0n) is 17.3. The van der Waals surface area contributed by atoms with Gasteiger partial charge in [-0.2, -0.15) is 0 Å². The topological polar surface area (TPSA) is 125 Å². The van der Waals surface area contributed by atoms with Crippen molar-refractivity contribution in [2.24, 2.45) is 0 Å². The fraction of sp³-hybridized carbons (Fsp3) is 0.364. The second-order valence-corrected chi connectivity index (χ2v) is 8.67. The van der Waals surface area contributed by atoms with Gasteiger partial charge in [-0.25, -0.2) is 14.0 Å². The molecule has 1 unspecified atom stereocenters. The Bertz CT molecular complexity index is 1340. The highest BCUT2D eigenvalue weighted by atomic mass is 19.1. The maximum atomic E-state index is 13.9. The zero-order chi connectivity index (χ0) is 22.1. The molecule has 2 aliphatic rings. The minimum absolute atomic E-state index is 0.0384. The normalized spacial score (nSPS) is 27.3. The van der Waals surface area contributed by atoms with Crippen LogP contribution in [0.1, 0.15) is 49.8 Å². The molecule has 0 bridgehead atoms. The molecule has 0 radical (unpaired) electrons. The summed E-state index contributed by atoms with van der Waals surface area (Å²) >= 11 is 0. The minimum Gasteiger partial charge on any atom is -0.379 e. The maximum Gasteiger partial charge on any atom is 0.199 e. The molecule has 32 heavy (non-hydrogen) atoms. The molecule has 1 aromatic carbocycles. The van der Waals surface area contributed by atoms with Gasteiger partial charge in [0.25, 0.3) is 0 Å². The van der Waals surface area contributed by atoms with E-state index in [1.807, 2.05) is 10.6 Å². The van der Waals surface area contributed by atoms with Crippen LogP contribution in [-0.4, -0.2) is 30.0 Å². The smallest absolute Gasteiger partial charge is 0.199 e. The molecule has 1 fully saturated rings. The Kier molecular flexibility index (Phi) is 3.96. The lowest BCUT2D eigenvalue weighted by Gasteiger charge is -2.39. The van der Waals surface area contributed by atoms with Crippen LogP contribution in [0.4, 0.5) is 10.2 Å². The molecule has 4 heterocycles. The van der Waals surface area contributed by atoms with E-state index in [0.717, 1.165) is 29.5 Å². The van der Waals surface area contributed by atoms with Crippen molar-refractivity contribution < 1.29 is 18.9 Å². The molecule has 0 amide bonds. The first kappa shape index (κ1) is 19.3. The van der Waals surface area contributed by atoms with Gasteiger partial charge in [0.1, 0.15) is 5.82 Å². The van der Waals surface area contributed by atoms with E-state index >= 15 is 0 Å². The van der Waals surface area contributed by atoms with Crippen LogP contribution in [0.25, 0.3) is 22.6 Å². The third kappa shape index (κ3) is 2.69. The zero-order valence-corrected chi connectivity index (χ0v) is 17.3. The van der Waals surface area contributed by atoms with Crippen LogP contribution in [0.5, 0.6) is 0 Å². The van der Waals surface area contributed by atoms with Crippen molar-refractivity contribution in [1.29, 1.82) is 0 Å². The SMILES string of the molecule is CC1(O)OC2(CCC(n3c(-c4nonc4N)nc4cc(F)ccc43)CC2)c2cnccc21. The molecule has 1 spiro atoms. The summed E-state index contributed by atoms with van der Waals surface area (Å²) in [5.74, 6) is -1.10. The largest absolute Gasteiger partial charge is 0.379 e. The molecule has 3 N–H and O–H groups in total. The first-order chi connectivity index (χ1) is 15.4. The first-order valence-electron chi connectivity index (χ1n) is 10.5. The fourth-order valence-electron chi connectivity index (χ4n) is 5.31. The second kappa shape index (κ2) is 6.57. The van der Waals surface area contributed by atoms with Gasteiger partial charge in [-0.05, 0) is 61.1 Å². The number of aromatic nitrogens is 5. The van der Waals surface area contributed by atoms with Crippen LogP contribution < -0.4 is 5.73 Å². The Hall–Kier alpha value is -3.37. The van der Waals surface area contributed by atoms with Gasteiger partial charge in [-0.3, -0.25) is 4.98 Å². The highest BCUT2D eigenvalue weighted by molar-refractivity contribution is 5.82. The molecule has 164 valence electrons. The number of rotatable bonds is 2. The monoisotopic (exact) mass is 436 g/mol. The van der Waals surface area contributed by atoms with Gasteiger partial charge >= 0.3 is 0 Å². The van der Waals surface area contributed by atoms with Crippen LogP contribution >= 0.6 is 0 Å². The second-order valence-electron chi connectivity index (χ2n) is 8.67. The van der Waals surface area contributed by atoms with E-state index in [4.69, 9.17) is 15.1 Å². The quantitative estimate of drug-likeness (QED) is 0.490. The average molecular weight is 436 g/mol. The highest BCUT2D eigenvalue weighted by Gasteiger charge is 2.52. The molecular weight excluding hydrogens is 415 g/mol. The average Bonchev–Trinajstić information content (AvgIpc) is 3.42. The van der Waals surface area contributed by atoms with Crippen molar-refractivity contribution in [3.05, 3.63) is 53.6 Å². The van der Waals surface area contributed by atoms with E-state index in [1.54, 1.807) is 25.4 Å². The van der Waals surface area contributed by atoms with Crippen LogP contribution in [0.2, 0.25) is 0 Å². The van der Waals surface area contributed by atoms with Gasteiger partial charge < -0.3 is 20.1 Å². The Morgan fingerprint density at radius 3 is 2.75 bits per heavy atom. The van der Waals surface area contributed by atoms with Gasteiger partial charge in [0.2, 0.25) is 0 Å². The Morgan fingerprint density at radius 2 is 2.00 bits per heavy atom. The number of nitrogens with zero attached hydrogens (tertiary/aromatic N) is 5. The van der Waals surface area contributed by atoms with Crippen molar-refractivity contribution in [1.82, 2.24) is 24.8 Å². The third-order valence-corrected chi connectivity index (χ3v) is 6.71. The summed E-state index contributed by atoms with van der Waals surface area (Å²) in [6.07, 6.45) is 6.30. The molecule has 1 aliphatic carbocycles. The van der Waals surface area contributed by atoms with Gasteiger partial charge in [0.05, 0.1) is 16.6 Å². The number of pyridine rings is 1. The number of imidazole rings is 1. The van der Waals surface area contributed by atoms with E-state index in [1.165, 1.54) is 12.1 Å². The Morgan fingerprint density at radius 1 is 1.19 bits per heavy atom. The van der Waals surface area contributed by atoms with Crippen molar-refractivity contribution in [3.63, 3.8) is 0 Å². The standard InChI is InChI=1S/C22H21FN6O3/c1-21(30)14-6-9-25-11-15(14)22(31-21)7-4-13(5-8-22)29-17-3-2-12(23)10-16(17)26-20(29)18-19(24)28-32-27-18/h2-3,6,9-11,13,30H,4-5,7-8H2,1H3,(H2,24,28). The van der Waals surface area contributed by atoms with Gasteiger partial charge in [0, 0.05) is 35.6 Å². The van der Waals surface area contributed by atoms with E-state index in [-0.39, 0.29) is 17.7 Å². The summed E-state index contributed by atoms with van der Waals surface area (Å²) in [5.41, 5.74) is 8.68. The molecule has 3 aromatic heterocycles. The van der Waals surface area contributed by atoms with E-state index in [9.17, 15) is 9.50 Å². The fourth-order valence-corrected chi connectivity index (χ4v) is 5.31. The lowest BCUT2D eigenvalue weighted by Crippen LogP contribution is -2.35. The summed E-state index contributed by atoms with van der Waals surface area (Å²) in [6.45, 7) is 1.67. The summed E-state index contributed by atoms with van der Waals surface area (Å²) in [4.78, 5) is 8.87. The number of ether oxygens (including phenoxy) is 1. The predicted octanol–water partition coefficient (Wildman–Crippen LogP) is 3.41. The molecule has 1 atom stereocenters. The van der Waals surface area contributed by atoms with Gasteiger partial charge in [-0.1, -0.05) is 0 Å². The van der Waals surface area contributed by atoms with Crippen molar-refractivity contribution in [2.45, 2.75) is 50.0 Å². The van der Waals surface area contributed by atoms with Gasteiger partial charge in [-0.15, -0.1) is 0 Å². The van der Waals surface area contributed by atoms with E-state index in [0.29, 0.717) is 29.9 Å². The van der Waals surface area contributed by atoms with Crippen molar-refractivity contribution in [3.8, 4) is 11.5 Å². The highest BCUT2D eigenvalue weighted by Crippen LogP contribution is 2.54. The summed E-state index contributed by atoms with van der Waals surface area (Å²) < 4.78 is 26.9. The van der Waals surface area contributed by atoms with E-state index in [2.05, 4.69) is 20.3 Å². The molecule has 0 saturated heterocycles. The number of anilines is 1. The maximum absolute atomic E-state index is 13.9. The molecule has 6 rings (SSSR count). The van der Waals surface area contributed by atoms with Gasteiger partial charge in [0.15, 0.2) is 23.1 Å². The molecule has 1 saturated carbocycles. The number of halogens is 1. The third-order valence-electron chi connectivity index (χ3n) is 6.71. The Balaban J connectivity index is 1.40. The predicted molar refractivity (Wildman–Crippen MR) is 111 cm³/mol. The van der Waals surface area contributed by atoms with Crippen LogP contribution in [-0.2, 0) is 16.1 Å². The number of fused-ring (bicyclic) bond motifs is 3.